The average molecular weight is 506 g/mol. The standard InChI is InChI=1S/C22H30F3N3O5S/c1-21(2,3)28(30)15-17-9-10-19-18(13-26(4)29)14-27(16-20(17)19)11-7-5-6-8-12-31-34-33-32-22(23,24)25/h9-10,13-16H,5-8,11-12H2,1-4H3/b26-13-,28-15-. The quantitative estimate of drug-likeness (QED) is 0.0722. The largest absolute Gasteiger partial charge is 0.624 e. The third kappa shape index (κ3) is 9.53. The van der Waals surface area contributed by atoms with Gasteiger partial charge < -0.3 is 15.0 Å². The highest BCUT2D eigenvalue weighted by atomic mass is 32.2. The summed E-state index contributed by atoms with van der Waals surface area (Å²) >= 11 is 0.148. The summed E-state index contributed by atoms with van der Waals surface area (Å²) in [6.45, 7) is 6.43. The summed E-state index contributed by atoms with van der Waals surface area (Å²) in [6, 6.07) is 3.77. The van der Waals surface area contributed by atoms with Gasteiger partial charge in [0.1, 0.15) is 7.05 Å². The van der Waals surface area contributed by atoms with Crippen molar-refractivity contribution in [2.24, 2.45) is 0 Å². The Kier molecular flexibility index (Phi) is 10.2. The van der Waals surface area contributed by atoms with E-state index in [2.05, 4.69) is 9.22 Å². The molecule has 0 aromatic carbocycles. The van der Waals surface area contributed by atoms with Gasteiger partial charge in [-0.1, -0.05) is 18.9 Å². The van der Waals surface area contributed by atoms with Crippen LogP contribution in [0.5, 0.6) is 0 Å². The van der Waals surface area contributed by atoms with E-state index in [-0.39, 0.29) is 18.9 Å². The van der Waals surface area contributed by atoms with Gasteiger partial charge in [0, 0.05) is 50.8 Å². The van der Waals surface area contributed by atoms with Gasteiger partial charge in [0.25, 0.3) is 0 Å². The first kappa shape index (κ1) is 28.0. The van der Waals surface area contributed by atoms with E-state index < -0.39 is 11.9 Å². The monoisotopic (exact) mass is 505 g/mol. The van der Waals surface area contributed by atoms with Crippen molar-refractivity contribution < 1.29 is 36.1 Å². The minimum absolute atomic E-state index is 0.148. The fourth-order valence-corrected chi connectivity index (χ4v) is 3.46. The van der Waals surface area contributed by atoms with E-state index in [1.54, 1.807) is 6.21 Å². The van der Waals surface area contributed by atoms with Crippen molar-refractivity contribution in [2.45, 2.75) is 64.9 Å². The average Bonchev–Trinajstić information content (AvgIpc) is 3.10. The fraction of sp³-hybridized carbons (Fsp3) is 0.545. The molecule has 1 heterocycles. The molecule has 0 N–H and O–H groups in total. The molecule has 0 spiro atoms. The lowest BCUT2D eigenvalue weighted by Gasteiger charge is -2.19. The third-order valence-electron chi connectivity index (χ3n) is 4.78. The molecular formula is C22H30F3N3O5S. The Morgan fingerprint density at radius 2 is 1.68 bits per heavy atom. The number of rotatable bonds is 12. The summed E-state index contributed by atoms with van der Waals surface area (Å²) in [5, 5.41) is 24.1. The van der Waals surface area contributed by atoms with Gasteiger partial charge in [0.15, 0.2) is 30.3 Å². The molecular weight excluding hydrogens is 475 g/mol. The van der Waals surface area contributed by atoms with Crippen LogP contribution in [0.3, 0.4) is 0 Å². The van der Waals surface area contributed by atoms with Crippen LogP contribution in [0.15, 0.2) is 24.5 Å². The molecule has 0 aromatic heterocycles. The normalized spacial score (nSPS) is 13.7. The number of alkyl halides is 3. The predicted octanol–water partition coefficient (Wildman–Crippen LogP) is 5.49. The lowest BCUT2D eigenvalue weighted by Crippen LogP contribution is -2.29. The molecule has 0 aromatic rings. The van der Waals surface area contributed by atoms with Crippen LogP contribution in [0, 0.1) is 10.4 Å². The van der Waals surface area contributed by atoms with Crippen LogP contribution in [0.25, 0.3) is 11.1 Å². The van der Waals surface area contributed by atoms with Crippen LogP contribution < -0.4 is 0 Å². The smallest absolute Gasteiger partial charge is 0.550 e. The molecule has 8 nitrogen and oxygen atoms in total. The Balaban J connectivity index is 1.94. The van der Waals surface area contributed by atoms with Crippen molar-refractivity contribution in [3.8, 4) is 11.1 Å². The Morgan fingerprint density at radius 3 is 2.32 bits per heavy atom. The summed E-state index contributed by atoms with van der Waals surface area (Å²) in [4.78, 5) is 3.12. The molecule has 190 valence electrons. The number of fused-ring (bicyclic) bond motifs is 1. The van der Waals surface area contributed by atoms with E-state index in [4.69, 9.17) is 4.18 Å². The Hall–Kier alpha value is -2.28. The molecule has 1 aliphatic heterocycles. The summed E-state index contributed by atoms with van der Waals surface area (Å²) < 4.78 is 47.5. The summed E-state index contributed by atoms with van der Waals surface area (Å²) in [7, 11) is 1.42. The van der Waals surface area contributed by atoms with Gasteiger partial charge in [-0.25, -0.2) is 9.48 Å². The Morgan fingerprint density at radius 1 is 0.971 bits per heavy atom. The van der Waals surface area contributed by atoms with Crippen LogP contribution >= 0.6 is 12.3 Å². The van der Waals surface area contributed by atoms with Gasteiger partial charge in [-0.15, -0.1) is 22.4 Å². The molecule has 34 heavy (non-hydrogen) atoms. The molecule has 2 aliphatic rings. The number of hydrogen-bond acceptors (Lipinski definition) is 6. The number of pyridine rings is 1. The van der Waals surface area contributed by atoms with E-state index in [0.29, 0.717) is 13.0 Å². The van der Waals surface area contributed by atoms with Crippen molar-refractivity contribution in [1.82, 2.24) is 4.57 Å². The lowest BCUT2D eigenvalue weighted by molar-refractivity contribution is -0.530. The maximum absolute atomic E-state index is 12.4. The highest BCUT2D eigenvalue weighted by Gasteiger charge is 2.31. The van der Waals surface area contributed by atoms with Crippen molar-refractivity contribution in [3.63, 3.8) is 0 Å². The summed E-state index contributed by atoms with van der Waals surface area (Å²) in [6.07, 6.45) is 5.27. The topological polar surface area (TPSA) is 84.8 Å². The van der Waals surface area contributed by atoms with Gasteiger partial charge >= 0.3 is 6.36 Å². The number of hydroxylamine groups is 2. The van der Waals surface area contributed by atoms with Crippen LogP contribution in [0.4, 0.5) is 13.2 Å². The molecule has 0 saturated heterocycles. The maximum atomic E-state index is 12.4. The van der Waals surface area contributed by atoms with Crippen molar-refractivity contribution in [3.05, 3.63) is 46.1 Å². The number of aryl methyl sites for hydroxylation is 1. The van der Waals surface area contributed by atoms with Gasteiger partial charge in [-0.2, -0.15) is 0 Å². The van der Waals surface area contributed by atoms with Crippen LogP contribution in [-0.2, 0) is 19.9 Å². The van der Waals surface area contributed by atoms with Gasteiger partial charge in [0.05, 0.1) is 12.2 Å². The molecule has 0 saturated carbocycles. The van der Waals surface area contributed by atoms with Crippen LogP contribution in [0.2, 0.25) is 0 Å². The highest BCUT2D eigenvalue weighted by Crippen LogP contribution is 2.30. The zero-order valence-corrected chi connectivity index (χ0v) is 20.4. The molecule has 0 fully saturated rings. The van der Waals surface area contributed by atoms with Crippen LogP contribution in [0.1, 0.15) is 57.6 Å². The zero-order valence-electron chi connectivity index (χ0n) is 19.6. The molecule has 1 aliphatic carbocycles. The number of aromatic nitrogens is 1. The molecule has 0 radical (unpaired) electrons. The second-order valence-electron chi connectivity index (χ2n) is 8.77. The molecule has 12 heteroatoms. The third-order valence-corrected chi connectivity index (χ3v) is 5.16. The summed E-state index contributed by atoms with van der Waals surface area (Å²) in [5.74, 6) is 0. The number of hydrogen-bond donors (Lipinski definition) is 0. The van der Waals surface area contributed by atoms with E-state index >= 15 is 0 Å². The molecule has 0 unspecified atom stereocenters. The number of unbranched alkanes of at least 4 members (excludes halogenated alkanes) is 3. The second kappa shape index (κ2) is 12.4. The minimum atomic E-state index is -4.86. The zero-order chi connectivity index (χ0) is 25.4. The van der Waals surface area contributed by atoms with E-state index in [1.807, 2.05) is 49.9 Å². The van der Waals surface area contributed by atoms with E-state index in [0.717, 1.165) is 51.0 Å². The van der Waals surface area contributed by atoms with Gasteiger partial charge in [-0.05, 0) is 24.5 Å². The van der Waals surface area contributed by atoms with E-state index in [9.17, 15) is 23.6 Å². The predicted molar refractivity (Wildman–Crippen MR) is 125 cm³/mol. The molecule has 0 atom stereocenters. The van der Waals surface area contributed by atoms with Crippen molar-refractivity contribution >= 4 is 24.8 Å². The van der Waals surface area contributed by atoms with Gasteiger partial charge in [-0.3, -0.25) is 4.18 Å². The Labute approximate surface area is 201 Å². The maximum Gasteiger partial charge on any atom is 0.550 e. The highest BCUT2D eigenvalue weighted by molar-refractivity contribution is 7.89. The molecule has 0 bridgehead atoms. The first-order valence-electron chi connectivity index (χ1n) is 10.8. The second-order valence-corrected chi connectivity index (χ2v) is 9.28. The molecule has 2 rings (SSSR count). The minimum Gasteiger partial charge on any atom is -0.624 e. The lowest BCUT2D eigenvalue weighted by atomic mass is 10.0. The number of halogens is 3. The Bertz CT molecular complexity index is 950. The van der Waals surface area contributed by atoms with Crippen LogP contribution in [-0.4, -0.2) is 52.0 Å². The van der Waals surface area contributed by atoms with Crippen molar-refractivity contribution in [1.29, 1.82) is 0 Å². The SMILES string of the molecule is C/[N+]([O-])=C/c1cn(CCCCCCOSOOC(F)(F)F)cc2c(/C=[N+](\[O-])C(C)(C)C)ccc1-2. The van der Waals surface area contributed by atoms with E-state index in [1.165, 1.54) is 13.3 Å². The van der Waals surface area contributed by atoms with Gasteiger partial charge in [0.2, 0.25) is 0 Å². The first-order chi connectivity index (χ1) is 15.9. The first-order valence-corrected chi connectivity index (χ1v) is 11.4. The number of nitrogens with zero attached hydrogens (tertiary/aromatic N) is 3. The summed E-state index contributed by atoms with van der Waals surface area (Å²) in [5.41, 5.74) is 2.74. The fourth-order valence-electron chi connectivity index (χ4n) is 3.13. The molecule has 0 amide bonds. The van der Waals surface area contributed by atoms with Crippen molar-refractivity contribution in [2.75, 3.05) is 13.7 Å².